The van der Waals surface area contributed by atoms with E-state index >= 15 is 0 Å². The van der Waals surface area contributed by atoms with Crippen LogP contribution in [0, 0.1) is 5.95 Å². The van der Waals surface area contributed by atoms with Crippen molar-refractivity contribution in [3.05, 3.63) is 54.1 Å². The third kappa shape index (κ3) is 3.70. The van der Waals surface area contributed by atoms with Crippen molar-refractivity contribution in [3.8, 4) is 0 Å². The summed E-state index contributed by atoms with van der Waals surface area (Å²) in [4.78, 5) is 5.94. The van der Waals surface area contributed by atoms with Gasteiger partial charge >= 0.3 is 0 Å². The van der Waals surface area contributed by atoms with Crippen LogP contribution in [0.15, 0.2) is 42.6 Å². The fourth-order valence-corrected chi connectivity index (χ4v) is 2.33. The molecular formula is C16H18FN3O. The van der Waals surface area contributed by atoms with Crippen LogP contribution in [0.5, 0.6) is 0 Å². The molecule has 0 spiro atoms. The molecular weight excluding hydrogens is 269 g/mol. The molecule has 0 atom stereocenters. The third-order valence-electron chi connectivity index (χ3n) is 3.54. The second-order valence-electron chi connectivity index (χ2n) is 4.99. The van der Waals surface area contributed by atoms with Gasteiger partial charge in [-0.15, -0.1) is 0 Å². The lowest BCUT2D eigenvalue weighted by Gasteiger charge is -2.28. The predicted molar refractivity (Wildman–Crippen MR) is 81.0 cm³/mol. The van der Waals surface area contributed by atoms with Crippen LogP contribution >= 0.6 is 0 Å². The van der Waals surface area contributed by atoms with Crippen molar-refractivity contribution in [2.45, 2.75) is 6.54 Å². The summed E-state index contributed by atoms with van der Waals surface area (Å²) < 4.78 is 18.1. The van der Waals surface area contributed by atoms with Gasteiger partial charge in [-0.25, -0.2) is 4.98 Å². The van der Waals surface area contributed by atoms with Gasteiger partial charge in [-0.1, -0.05) is 12.1 Å². The second kappa shape index (κ2) is 6.54. The number of nitrogens with one attached hydrogen (secondary N) is 1. The summed E-state index contributed by atoms with van der Waals surface area (Å²) in [6, 6.07) is 11.5. The molecule has 1 aromatic carbocycles. The van der Waals surface area contributed by atoms with Crippen molar-refractivity contribution in [1.29, 1.82) is 0 Å². The number of morpholine rings is 1. The van der Waals surface area contributed by atoms with Crippen LogP contribution in [0.3, 0.4) is 0 Å². The first kappa shape index (κ1) is 13.8. The Kier molecular flexibility index (Phi) is 4.31. The Labute approximate surface area is 123 Å². The molecule has 0 aliphatic carbocycles. The number of ether oxygens (including phenoxy) is 1. The topological polar surface area (TPSA) is 37.4 Å². The molecule has 0 bridgehead atoms. The smallest absolute Gasteiger partial charge is 0.212 e. The van der Waals surface area contributed by atoms with Crippen molar-refractivity contribution in [1.82, 2.24) is 4.98 Å². The molecule has 0 amide bonds. The summed E-state index contributed by atoms with van der Waals surface area (Å²) in [6.07, 6.45) is 1.50. The molecule has 0 saturated carbocycles. The van der Waals surface area contributed by atoms with Crippen molar-refractivity contribution < 1.29 is 9.13 Å². The van der Waals surface area contributed by atoms with E-state index in [2.05, 4.69) is 39.5 Å². The summed E-state index contributed by atoms with van der Waals surface area (Å²) >= 11 is 0. The molecule has 5 heteroatoms. The number of anilines is 2. The fourth-order valence-electron chi connectivity index (χ4n) is 2.33. The summed E-state index contributed by atoms with van der Waals surface area (Å²) in [5.74, 6) is -0.463. The van der Waals surface area contributed by atoms with E-state index in [1.807, 2.05) is 0 Å². The van der Waals surface area contributed by atoms with Gasteiger partial charge in [0.25, 0.3) is 0 Å². The highest BCUT2D eigenvalue weighted by Crippen LogP contribution is 2.17. The van der Waals surface area contributed by atoms with E-state index in [0.29, 0.717) is 6.54 Å². The zero-order valence-corrected chi connectivity index (χ0v) is 11.8. The van der Waals surface area contributed by atoms with E-state index in [1.54, 1.807) is 6.07 Å². The zero-order valence-electron chi connectivity index (χ0n) is 11.8. The first-order chi connectivity index (χ1) is 10.3. The lowest BCUT2D eigenvalue weighted by molar-refractivity contribution is 0.122. The first-order valence-corrected chi connectivity index (χ1v) is 7.08. The highest BCUT2D eigenvalue weighted by molar-refractivity contribution is 5.49. The summed E-state index contributed by atoms with van der Waals surface area (Å²) in [5.41, 5.74) is 3.22. The SMILES string of the molecule is Fc1ccc(NCc2ccc(N3CCOCC3)cc2)cn1. The van der Waals surface area contributed by atoms with E-state index in [9.17, 15) is 4.39 Å². The van der Waals surface area contributed by atoms with Gasteiger partial charge in [0.15, 0.2) is 0 Å². The molecule has 1 aliphatic rings. The van der Waals surface area contributed by atoms with Gasteiger partial charge in [0, 0.05) is 25.3 Å². The molecule has 1 aromatic heterocycles. The Morgan fingerprint density at radius 2 is 1.86 bits per heavy atom. The average molecular weight is 287 g/mol. The minimum atomic E-state index is -0.463. The second-order valence-corrected chi connectivity index (χ2v) is 4.99. The van der Waals surface area contributed by atoms with Crippen molar-refractivity contribution in [3.63, 3.8) is 0 Å². The molecule has 0 radical (unpaired) electrons. The monoisotopic (exact) mass is 287 g/mol. The Bertz CT molecular complexity index is 565. The van der Waals surface area contributed by atoms with Gasteiger partial charge in [0.1, 0.15) is 0 Å². The standard InChI is InChI=1S/C16H18FN3O/c17-16-6-3-14(12-19-16)18-11-13-1-4-15(5-2-13)20-7-9-21-10-8-20/h1-6,12,18H,7-11H2. The van der Waals surface area contributed by atoms with Crippen LogP contribution in [-0.2, 0) is 11.3 Å². The van der Waals surface area contributed by atoms with Gasteiger partial charge < -0.3 is 15.0 Å². The van der Waals surface area contributed by atoms with Crippen molar-refractivity contribution in [2.75, 3.05) is 36.5 Å². The number of nitrogens with zero attached hydrogens (tertiary/aromatic N) is 2. The molecule has 3 rings (SSSR count). The Balaban J connectivity index is 1.57. The highest BCUT2D eigenvalue weighted by Gasteiger charge is 2.10. The Hall–Kier alpha value is -2.14. The molecule has 4 nitrogen and oxygen atoms in total. The lowest BCUT2D eigenvalue weighted by Crippen LogP contribution is -2.36. The van der Waals surface area contributed by atoms with E-state index in [0.717, 1.165) is 32.0 Å². The van der Waals surface area contributed by atoms with Crippen molar-refractivity contribution >= 4 is 11.4 Å². The molecule has 21 heavy (non-hydrogen) atoms. The van der Waals surface area contributed by atoms with Gasteiger partial charge in [-0.3, -0.25) is 0 Å². The molecule has 110 valence electrons. The van der Waals surface area contributed by atoms with E-state index in [1.165, 1.54) is 23.5 Å². The summed E-state index contributed by atoms with van der Waals surface area (Å²) in [5, 5.41) is 3.22. The summed E-state index contributed by atoms with van der Waals surface area (Å²) in [6.45, 7) is 4.16. The predicted octanol–water partition coefficient (Wildman–Crippen LogP) is 2.67. The van der Waals surface area contributed by atoms with Crippen LogP contribution < -0.4 is 10.2 Å². The molecule has 2 heterocycles. The minimum Gasteiger partial charge on any atom is -0.380 e. The van der Waals surface area contributed by atoms with Crippen LogP contribution in [0.25, 0.3) is 0 Å². The maximum absolute atomic E-state index is 12.7. The molecule has 0 unspecified atom stereocenters. The van der Waals surface area contributed by atoms with E-state index in [4.69, 9.17) is 4.74 Å². The van der Waals surface area contributed by atoms with Gasteiger partial charge in [0.05, 0.1) is 25.1 Å². The molecule has 1 saturated heterocycles. The number of halogens is 1. The quantitative estimate of drug-likeness (QED) is 0.877. The lowest BCUT2D eigenvalue weighted by atomic mass is 10.2. The zero-order chi connectivity index (χ0) is 14.5. The van der Waals surface area contributed by atoms with Crippen LogP contribution in [-0.4, -0.2) is 31.3 Å². The summed E-state index contributed by atoms with van der Waals surface area (Å²) in [7, 11) is 0. The van der Waals surface area contributed by atoms with Gasteiger partial charge in [-0.2, -0.15) is 4.39 Å². The first-order valence-electron chi connectivity index (χ1n) is 7.08. The number of hydrogen-bond donors (Lipinski definition) is 1. The molecule has 1 aliphatic heterocycles. The number of pyridine rings is 1. The Morgan fingerprint density at radius 1 is 1.10 bits per heavy atom. The highest BCUT2D eigenvalue weighted by atomic mass is 19.1. The normalized spacial score (nSPS) is 15.0. The third-order valence-corrected chi connectivity index (χ3v) is 3.54. The van der Waals surface area contributed by atoms with E-state index < -0.39 is 5.95 Å². The molecule has 1 fully saturated rings. The van der Waals surface area contributed by atoms with E-state index in [-0.39, 0.29) is 0 Å². The largest absolute Gasteiger partial charge is 0.380 e. The maximum atomic E-state index is 12.7. The fraction of sp³-hybridized carbons (Fsp3) is 0.312. The minimum absolute atomic E-state index is 0.463. The Morgan fingerprint density at radius 3 is 2.52 bits per heavy atom. The molecule has 1 N–H and O–H groups in total. The number of hydrogen-bond acceptors (Lipinski definition) is 4. The number of aromatic nitrogens is 1. The van der Waals surface area contributed by atoms with Crippen LogP contribution in [0.2, 0.25) is 0 Å². The van der Waals surface area contributed by atoms with Gasteiger partial charge in [-0.05, 0) is 29.8 Å². The van der Waals surface area contributed by atoms with Crippen LogP contribution in [0.1, 0.15) is 5.56 Å². The number of benzene rings is 1. The van der Waals surface area contributed by atoms with Gasteiger partial charge in [0.2, 0.25) is 5.95 Å². The van der Waals surface area contributed by atoms with Crippen LogP contribution in [0.4, 0.5) is 15.8 Å². The van der Waals surface area contributed by atoms with Crippen molar-refractivity contribution in [2.24, 2.45) is 0 Å². The molecule has 2 aromatic rings. The maximum Gasteiger partial charge on any atom is 0.212 e. The average Bonchev–Trinajstić information content (AvgIpc) is 2.56. The number of rotatable bonds is 4.